The Labute approximate surface area is 133 Å². The number of hydrogen-bond donors (Lipinski definition) is 2. The maximum absolute atomic E-state index is 12.3. The van der Waals surface area contributed by atoms with Gasteiger partial charge in [-0.15, -0.1) is 10.2 Å². The lowest BCUT2D eigenvalue weighted by atomic mass is 10.0. The molecule has 0 spiro atoms. The third-order valence-electron chi connectivity index (χ3n) is 3.25. The monoisotopic (exact) mass is 317 g/mol. The number of nitrogens with one attached hydrogen (secondary N) is 2. The topological polar surface area (TPSA) is 110 Å². The van der Waals surface area contributed by atoms with Gasteiger partial charge in [-0.25, -0.2) is 4.79 Å². The summed E-state index contributed by atoms with van der Waals surface area (Å²) in [7, 11) is 1.31. The molecule has 0 saturated heterocycles. The van der Waals surface area contributed by atoms with E-state index < -0.39 is 12.0 Å². The molecule has 0 bridgehead atoms. The first-order chi connectivity index (χ1) is 11.0. The second-order valence-corrected chi connectivity index (χ2v) is 5.49. The van der Waals surface area contributed by atoms with Crippen LogP contribution < -0.4 is 5.32 Å². The number of hydrogen-bond acceptors (Lipinski definition) is 6. The molecule has 0 aliphatic rings. The highest BCUT2D eigenvalue weighted by Crippen LogP contribution is 2.14. The van der Waals surface area contributed by atoms with E-state index in [4.69, 9.17) is 4.74 Å². The molecule has 2 rings (SSSR count). The first-order valence-corrected chi connectivity index (χ1v) is 7.23. The Hall–Kier alpha value is -2.77. The minimum absolute atomic E-state index is 0.250. The van der Waals surface area contributed by atoms with Gasteiger partial charge in [0.1, 0.15) is 6.04 Å². The molecule has 23 heavy (non-hydrogen) atoms. The molecule has 2 aromatic rings. The Balaban J connectivity index is 2.08. The smallest absolute Gasteiger partial charge is 0.328 e. The zero-order valence-corrected chi connectivity index (χ0v) is 13.2. The van der Waals surface area contributed by atoms with Crippen LogP contribution in [0.1, 0.15) is 30.6 Å². The van der Waals surface area contributed by atoms with Crippen LogP contribution in [0.4, 0.5) is 0 Å². The molecule has 0 saturated carbocycles. The van der Waals surface area contributed by atoms with Crippen molar-refractivity contribution in [3.63, 3.8) is 0 Å². The summed E-state index contributed by atoms with van der Waals surface area (Å²) in [6.07, 6.45) is 0.513. The lowest BCUT2D eigenvalue weighted by Gasteiger charge is -2.18. The highest BCUT2D eigenvalue weighted by atomic mass is 16.5. The van der Waals surface area contributed by atoms with E-state index in [0.29, 0.717) is 17.8 Å². The number of carbonyl (C=O) groups is 2. The summed E-state index contributed by atoms with van der Waals surface area (Å²) >= 11 is 0. The first-order valence-electron chi connectivity index (χ1n) is 7.23. The van der Waals surface area contributed by atoms with Gasteiger partial charge in [0.25, 0.3) is 5.91 Å². The van der Waals surface area contributed by atoms with Crippen molar-refractivity contribution in [2.24, 2.45) is 5.92 Å². The third kappa shape index (κ3) is 4.35. The van der Waals surface area contributed by atoms with Crippen LogP contribution in [0.2, 0.25) is 0 Å². The molecule has 0 fully saturated rings. The third-order valence-corrected chi connectivity index (χ3v) is 3.25. The summed E-state index contributed by atoms with van der Waals surface area (Å²) in [6, 6.07) is 6.06. The van der Waals surface area contributed by atoms with Crippen molar-refractivity contribution in [1.29, 1.82) is 0 Å². The number of benzene rings is 1. The van der Waals surface area contributed by atoms with Crippen LogP contribution in [0.3, 0.4) is 0 Å². The van der Waals surface area contributed by atoms with Crippen LogP contribution >= 0.6 is 0 Å². The Morgan fingerprint density at radius 1 is 1.26 bits per heavy atom. The average Bonchev–Trinajstić information content (AvgIpc) is 3.07. The second-order valence-electron chi connectivity index (χ2n) is 5.49. The Kier molecular flexibility index (Phi) is 5.40. The molecule has 8 heteroatoms. The molecule has 1 aromatic carbocycles. The maximum Gasteiger partial charge on any atom is 0.328 e. The van der Waals surface area contributed by atoms with Crippen molar-refractivity contribution < 1.29 is 14.3 Å². The summed E-state index contributed by atoms with van der Waals surface area (Å²) in [5.74, 6) is -0.0830. The van der Waals surface area contributed by atoms with Crippen LogP contribution in [0.5, 0.6) is 0 Å². The van der Waals surface area contributed by atoms with E-state index in [0.717, 1.165) is 5.56 Å². The molecular weight excluding hydrogens is 298 g/mol. The highest BCUT2D eigenvalue weighted by molar-refractivity contribution is 5.97. The molecular formula is C15H19N5O3. The van der Waals surface area contributed by atoms with Crippen molar-refractivity contribution in [2.45, 2.75) is 26.3 Å². The van der Waals surface area contributed by atoms with Crippen LogP contribution in [-0.2, 0) is 9.53 Å². The fourth-order valence-corrected chi connectivity index (χ4v) is 2.12. The molecule has 2 N–H and O–H groups in total. The largest absolute Gasteiger partial charge is 0.467 e. The summed E-state index contributed by atoms with van der Waals surface area (Å²) in [6.45, 7) is 3.95. The zero-order valence-electron chi connectivity index (χ0n) is 13.2. The molecule has 8 nitrogen and oxygen atoms in total. The highest BCUT2D eigenvalue weighted by Gasteiger charge is 2.23. The van der Waals surface area contributed by atoms with Gasteiger partial charge in [-0.05, 0) is 29.7 Å². The summed E-state index contributed by atoms with van der Waals surface area (Å²) in [5.41, 5.74) is 1.18. The Morgan fingerprint density at radius 3 is 2.48 bits per heavy atom. The van der Waals surface area contributed by atoms with Crippen LogP contribution in [0, 0.1) is 5.92 Å². The Morgan fingerprint density at radius 2 is 1.96 bits per heavy atom. The molecule has 1 aromatic heterocycles. The standard InChI is InChI=1S/C15H19N5O3/c1-9(2)8-12(15(22)23-3)16-14(21)11-6-4-10(5-7-11)13-17-19-20-18-13/h4-7,9,12H,8H2,1-3H3,(H,16,21)(H,17,18,19,20)/t12-/m1/s1. The SMILES string of the molecule is COC(=O)[C@@H](CC(C)C)NC(=O)c1ccc(-c2nn[nH]n2)cc1. The molecule has 122 valence electrons. The number of H-pyrrole nitrogens is 1. The number of carbonyl (C=O) groups excluding carboxylic acids is 2. The zero-order chi connectivity index (χ0) is 16.8. The predicted molar refractivity (Wildman–Crippen MR) is 82.3 cm³/mol. The number of rotatable bonds is 6. The molecule has 0 unspecified atom stereocenters. The van der Waals surface area contributed by atoms with Crippen LogP contribution in [0.25, 0.3) is 11.4 Å². The number of tetrazole rings is 1. The number of aromatic amines is 1. The summed E-state index contributed by atoms with van der Waals surface area (Å²) in [4.78, 5) is 24.0. The van der Waals surface area contributed by atoms with Gasteiger partial charge in [0.15, 0.2) is 0 Å². The van der Waals surface area contributed by atoms with Crippen LogP contribution in [-0.4, -0.2) is 45.7 Å². The Bertz CT molecular complexity index is 652. The minimum Gasteiger partial charge on any atom is -0.467 e. The summed E-state index contributed by atoms with van der Waals surface area (Å²) in [5, 5.41) is 16.3. The normalized spacial score (nSPS) is 12.0. The number of ether oxygens (including phenoxy) is 1. The number of esters is 1. The van der Waals surface area contributed by atoms with Gasteiger partial charge in [-0.3, -0.25) is 4.79 Å². The fourth-order valence-electron chi connectivity index (χ4n) is 2.12. The second kappa shape index (κ2) is 7.48. The molecule has 0 aliphatic heterocycles. The van der Waals surface area contributed by atoms with E-state index in [-0.39, 0.29) is 11.8 Å². The molecule has 0 radical (unpaired) electrons. The lowest BCUT2D eigenvalue weighted by Crippen LogP contribution is -2.42. The molecule has 1 heterocycles. The summed E-state index contributed by atoms with van der Waals surface area (Å²) < 4.78 is 4.74. The number of amides is 1. The number of nitrogens with zero attached hydrogens (tertiary/aromatic N) is 3. The van der Waals surface area contributed by atoms with Crippen LogP contribution in [0.15, 0.2) is 24.3 Å². The quantitative estimate of drug-likeness (QED) is 0.774. The van der Waals surface area contributed by atoms with Crippen molar-refractivity contribution in [3.05, 3.63) is 29.8 Å². The first kappa shape index (κ1) is 16.6. The lowest BCUT2D eigenvalue weighted by molar-refractivity contribution is -0.143. The van der Waals surface area contributed by atoms with Crippen molar-refractivity contribution in [3.8, 4) is 11.4 Å². The van der Waals surface area contributed by atoms with E-state index in [9.17, 15) is 9.59 Å². The molecule has 1 amide bonds. The number of methoxy groups -OCH3 is 1. The fraction of sp³-hybridized carbons (Fsp3) is 0.400. The number of aromatic nitrogens is 4. The molecule has 0 aliphatic carbocycles. The molecule has 1 atom stereocenters. The van der Waals surface area contributed by atoms with Crippen molar-refractivity contribution in [1.82, 2.24) is 25.9 Å². The van der Waals surface area contributed by atoms with E-state index in [1.165, 1.54) is 7.11 Å². The van der Waals surface area contributed by atoms with Crippen molar-refractivity contribution in [2.75, 3.05) is 7.11 Å². The van der Waals surface area contributed by atoms with Gasteiger partial charge in [-0.2, -0.15) is 5.21 Å². The average molecular weight is 317 g/mol. The van der Waals surface area contributed by atoms with Crippen molar-refractivity contribution >= 4 is 11.9 Å². The van der Waals surface area contributed by atoms with E-state index in [1.807, 2.05) is 13.8 Å². The predicted octanol–water partition coefficient (Wildman–Crippen LogP) is 1.18. The van der Waals surface area contributed by atoms with Gasteiger partial charge in [0.05, 0.1) is 7.11 Å². The van der Waals surface area contributed by atoms with E-state index >= 15 is 0 Å². The van der Waals surface area contributed by atoms with E-state index in [2.05, 4.69) is 25.9 Å². The van der Waals surface area contributed by atoms with Gasteiger partial charge < -0.3 is 10.1 Å². The van der Waals surface area contributed by atoms with Gasteiger partial charge in [-0.1, -0.05) is 26.0 Å². The van der Waals surface area contributed by atoms with Gasteiger partial charge >= 0.3 is 5.97 Å². The van der Waals surface area contributed by atoms with Gasteiger partial charge in [0.2, 0.25) is 5.82 Å². The minimum atomic E-state index is -0.663. The maximum atomic E-state index is 12.3. The van der Waals surface area contributed by atoms with E-state index in [1.54, 1.807) is 24.3 Å². The van der Waals surface area contributed by atoms with Gasteiger partial charge in [0, 0.05) is 11.1 Å².